The van der Waals surface area contributed by atoms with E-state index < -0.39 is 10.0 Å². The Hall–Kier alpha value is -0.870. The molecule has 0 amide bonds. The van der Waals surface area contributed by atoms with Crippen molar-refractivity contribution in [3.05, 3.63) is 29.8 Å². The van der Waals surface area contributed by atoms with Gasteiger partial charge in [-0.3, -0.25) is 0 Å². The summed E-state index contributed by atoms with van der Waals surface area (Å²) in [7, 11) is -1.83. The van der Waals surface area contributed by atoms with Crippen molar-refractivity contribution < 1.29 is 8.42 Å². The monoisotopic (exact) mass is 522 g/mol. The molecule has 0 aromatic heterocycles. The highest BCUT2D eigenvalue weighted by Crippen LogP contribution is 2.28. The van der Waals surface area contributed by atoms with Crippen molar-refractivity contribution in [1.29, 1.82) is 0 Å². The third-order valence-corrected chi connectivity index (χ3v) is 7.10. The van der Waals surface area contributed by atoms with E-state index in [1.807, 2.05) is 26.0 Å². The Labute approximate surface area is 187 Å². The highest BCUT2D eigenvalue weighted by atomic mass is 127. The lowest BCUT2D eigenvalue weighted by atomic mass is 9.93. The first kappa shape index (κ1) is 25.2. The number of nitrogens with one attached hydrogen (secondary N) is 1. The zero-order valence-electron chi connectivity index (χ0n) is 17.9. The lowest BCUT2D eigenvalue weighted by Crippen LogP contribution is -2.40. The maximum absolute atomic E-state index is 12.6. The van der Waals surface area contributed by atoms with Gasteiger partial charge in [0, 0.05) is 32.7 Å². The molecule has 0 aliphatic carbocycles. The number of guanidine groups is 1. The minimum absolute atomic E-state index is 0. The third kappa shape index (κ3) is 6.32. The minimum atomic E-state index is -3.44. The molecule has 1 aromatic carbocycles. The van der Waals surface area contributed by atoms with Gasteiger partial charge >= 0.3 is 0 Å². The fraction of sp³-hybridized carbons (Fsp3) is 0.650. The molecule has 0 bridgehead atoms. The normalized spacial score (nSPS) is 17.1. The summed E-state index contributed by atoms with van der Waals surface area (Å²) in [5.74, 6) is 0.930. The van der Waals surface area contributed by atoms with Gasteiger partial charge in [-0.2, -0.15) is 4.31 Å². The van der Waals surface area contributed by atoms with E-state index in [1.54, 1.807) is 19.2 Å². The second-order valence-corrected chi connectivity index (χ2v) is 10.3. The first-order valence-electron chi connectivity index (χ1n) is 9.67. The van der Waals surface area contributed by atoms with Gasteiger partial charge in [0.2, 0.25) is 10.0 Å². The van der Waals surface area contributed by atoms with Gasteiger partial charge in [-0.15, -0.1) is 24.0 Å². The molecule has 1 fully saturated rings. The van der Waals surface area contributed by atoms with Gasteiger partial charge in [0.05, 0.1) is 11.4 Å². The molecule has 1 saturated heterocycles. The van der Waals surface area contributed by atoms with Crippen molar-refractivity contribution in [1.82, 2.24) is 14.5 Å². The van der Waals surface area contributed by atoms with E-state index in [0.717, 1.165) is 37.6 Å². The molecule has 1 N–H and O–H groups in total. The van der Waals surface area contributed by atoms with Crippen LogP contribution in [0.3, 0.4) is 0 Å². The van der Waals surface area contributed by atoms with Crippen LogP contribution in [0.5, 0.6) is 0 Å². The van der Waals surface area contributed by atoms with Gasteiger partial charge in [0.15, 0.2) is 5.96 Å². The summed E-state index contributed by atoms with van der Waals surface area (Å²) < 4.78 is 26.5. The number of nitrogens with zero attached hydrogens (tertiary/aromatic N) is 3. The van der Waals surface area contributed by atoms with E-state index in [2.05, 4.69) is 31.0 Å². The number of aliphatic imine (C=N–C) groups is 1. The number of benzene rings is 1. The molecular weight excluding hydrogens is 487 g/mol. The van der Waals surface area contributed by atoms with Crippen LogP contribution in [0.25, 0.3) is 0 Å². The predicted molar refractivity (Wildman–Crippen MR) is 127 cm³/mol. The van der Waals surface area contributed by atoms with E-state index in [4.69, 9.17) is 4.99 Å². The number of halogens is 1. The summed E-state index contributed by atoms with van der Waals surface area (Å²) in [6.07, 6.45) is 1.16. The minimum Gasteiger partial charge on any atom is -0.357 e. The molecular formula is C20H35IN4O2S. The third-order valence-electron chi connectivity index (χ3n) is 5.05. The molecule has 0 atom stereocenters. The van der Waals surface area contributed by atoms with Gasteiger partial charge in [0.25, 0.3) is 0 Å². The van der Waals surface area contributed by atoms with Gasteiger partial charge in [-0.1, -0.05) is 26.0 Å². The first-order chi connectivity index (χ1) is 12.6. The molecule has 1 aliphatic heterocycles. The lowest BCUT2D eigenvalue weighted by Gasteiger charge is -2.23. The quantitative estimate of drug-likeness (QED) is 0.353. The molecule has 0 spiro atoms. The van der Waals surface area contributed by atoms with Crippen LogP contribution in [0, 0.1) is 5.41 Å². The van der Waals surface area contributed by atoms with Crippen LogP contribution in [0.1, 0.15) is 46.6 Å². The average molecular weight is 522 g/mol. The van der Waals surface area contributed by atoms with Crippen LogP contribution >= 0.6 is 24.0 Å². The predicted octanol–water partition coefficient (Wildman–Crippen LogP) is 3.53. The second kappa shape index (κ2) is 10.2. The van der Waals surface area contributed by atoms with Gasteiger partial charge < -0.3 is 10.2 Å². The molecule has 28 heavy (non-hydrogen) atoms. The SMILES string of the molecule is CCNC(=NCc1ccc(S(=O)(=O)N(C)C(C)C)cc1)N1CCC(C)(C)C1.I. The Morgan fingerprint density at radius 1 is 1.29 bits per heavy atom. The van der Waals surface area contributed by atoms with Crippen LogP contribution in [0.15, 0.2) is 34.2 Å². The number of hydrogen-bond acceptors (Lipinski definition) is 3. The lowest BCUT2D eigenvalue weighted by molar-refractivity contribution is 0.370. The van der Waals surface area contributed by atoms with Gasteiger partial charge in [-0.25, -0.2) is 13.4 Å². The summed E-state index contributed by atoms with van der Waals surface area (Å²) in [5, 5.41) is 3.37. The second-order valence-electron chi connectivity index (χ2n) is 8.26. The zero-order chi connectivity index (χ0) is 20.2. The Bertz CT molecular complexity index is 761. The summed E-state index contributed by atoms with van der Waals surface area (Å²) in [6, 6.07) is 6.96. The Balaban J connectivity index is 0.00000392. The van der Waals surface area contributed by atoms with Crippen molar-refractivity contribution in [3.8, 4) is 0 Å². The highest BCUT2D eigenvalue weighted by molar-refractivity contribution is 14.0. The topological polar surface area (TPSA) is 65.0 Å². The molecule has 0 saturated carbocycles. The van der Waals surface area contributed by atoms with Crippen molar-refractivity contribution in [2.24, 2.45) is 10.4 Å². The number of hydrogen-bond donors (Lipinski definition) is 1. The molecule has 2 rings (SSSR count). The number of rotatable bonds is 6. The summed E-state index contributed by atoms with van der Waals surface area (Å²) in [4.78, 5) is 7.38. The van der Waals surface area contributed by atoms with Gasteiger partial charge in [-0.05, 0) is 50.3 Å². The molecule has 160 valence electrons. The smallest absolute Gasteiger partial charge is 0.243 e. The molecule has 0 radical (unpaired) electrons. The molecule has 1 heterocycles. The largest absolute Gasteiger partial charge is 0.357 e. The molecule has 6 nitrogen and oxygen atoms in total. The molecule has 1 aromatic rings. The molecule has 0 unspecified atom stereocenters. The van der Waals surface area contributed by atoms with Crippen LogP contribution < -0.4 is 5.32 Å². The zero-order valence-corrected chi connectivity index (χ0v) is 21.0. The van der Waals surface area contributed by atoms with E-state index >= 15 is 0 Å². The standard InChI is InChI=1S/C20H34N4O2S.HI/c1-7-21-19(24-13-12-20(4,5)15-24)22-14-17-8-10-18(11-9-17)27(25,26)23(6)16(2)3;/h8-11,16H,7,12-15H2,1-6H3,(H,21,22);1H. The van der Waals surface area contributed by atoms with E-state index in [0.29, 0.717) is 16.9 Å². The van der Waals surface area contributed by atoms with Crippen LogP contribution in [0.2, 0.25) is 0 Å². The fourth-order valence-corrected chi connectivity index (χ4v) is 4.46. The first-order valence-corrected chi connectivity index (χ1v) is 11.1. The van der Waals surface area contributed by atoms with E-state index in [1.165, 1.54) is 4.31 Å². The fourth-order valence-electron chi connectivity index (χ4n) is 3.10. The van der Waals surface area contributed by atoms with Crippen molar-refractivity contribution in [2.45, 2.75) is 58.5 Å². The number of sulfonamides is 1. The van der Waals surface area contributed by atoms with Crippen molar-refractivity contribution >= 4 is 40.0 Å². The number of likely N-dealkylation sites (tertiary alicyclic amines) is 1. The Morgan fingerprint density at radius 3 is 2.36 bits per heavy atom. The molecule has 8 heteroatoms. The van der Waals surface area contributed by atoms with Crippen molar-refractivity contribution in [3.63, 3.8) is 0 Å². The van der Waals surface area contributed by atoms with Crippen molar-refractivity contribution in [2.75, 3.05) is 26.7 Å². The summed E-state index contributed by atoms with van der Waals surface area (Å²) >= 11 is 0. The maximum Gasteiger partial charge on any atom is 0.243 e. The van der Waals surface area contributed by atoms with E-state index in [-0.39, 0.29) is 30.0 Å². The van der Waals surface area contributed by atoms with E-state index in [9.17, 15) is 8.42 Å². The van der Waals surface area contributed by atoms with Gasteiger partial charge in [0.1, 0.15) is 0 Å². The summed E-state index contributed by atoms with van der Waals surface area (Å²) in [5.41, 5.74) is 1.31. The van der Waals surface area contributed by atoms with Crippen LogP contribution in [-0.2, 0) is 16.6 Å². The molecule has 1 aliphatic rings. The summed E-state index contributed by atoms with van der Waals surface area (Å²) in [6.45, 7) is 13.7. The van der Waals surface area contributed by atoms with Crippen LogP contribution in [0.4, 0.5) is 0 Å². The average Bonchev–Trinajstić information content (AvgIpc) is 2.97. The van der Waals surface area contributed by atoms with Crippen LogP contribution in [-0.4, -0.2) is 56.3 Å². The maximum atomic E-state index is 12.6. The Morgan fingerprint density at radius 2 is 1.89 bits per heavy atom. The Kier molecular flexibility index (Phi) is 9.21. The highest BCUT2D eigenvalue weighted by Gasteiger charge is 2.30.